The lowest BCUT2D eigenvalue weighted by Crippen LogP contribution is -1.97. The molecule has 0 spiro atoms. The largest absolute Gasteiger partial charge is 0.478 e. The van der Waals surface area contributed by atoms with E-state index in [9.17, 15) is 4.79 Å². The number of aromatic carboxylic acids is 1. The third kappa shape index (κ3) is 1.94. The summed E-state index contributed by atoms with van der Waals surface area (Å²) in [5.74, 6) is -1.03. The van der Waals surface area contributed by atoms with Gasteiger partial charge in [-0.3, -0.25) is 0 Å². The molecular weight excluding hydrogens is 263 g/mol. The van der Waals surface area contributed by atoms with E-state index in [-0.39, 0.29) is 5.56 Å². The summed E-state index contributed by atoms with van der Waals surface area (Å²) >= 11 is 12.8. The average molecular weight is 268 g/mol. The lowest BCUT2D eigenvalue weighted by atomic mass is 10.2. The SMILES string of the molecule is O=C(O)c1cc(Cl)c(Br)cc1S. The van der Waals surface area contributed by atoms with Crippen LogP contribution in [0, 0.1) is 0 Å². The predicted octanol–water partition coefficient (Wildman–Crippen LogP) is 3.09. The standard InChI is InChI=1S/C7H4BrClO2S/c8-4-2-6(12)3(7(10)11)1-5(4)9/h1-2,12H,(H,10,11). The van der Waals surface area contributed by atoms with Crippen LogP contribution in [0.15, 0.2) is 21.5 Å². The summed E-state index contributed by atoms with van der Waals surface area (Å²) in [5.41, 5.74) is 0.103. The molecule has 2 nitrogen and oxygen atoms in total. The zero-order valence-electron chi connectivity index (χ0n) is 5.71. The van der Waals surface area contributed by atoms with Gasteiger partial charge in [0.25, 0.3) is 0 Å². The normalized spacial score (nSPS) is 9.92. The molecule has 0 saturated heterocycles. The van der Waals surface area contributed by atoms with Crippen LogP contribution < -0.4 is 0 Å². The van der Waals surface area contributed by atoms with E-state index in [4.69, 9.17) is 16.7 Å². The molecule has 0 aliphatic rings. The molecule has 1 aromatic carbocycles. The summed E-state index contributed by atoms with van der Waals surface area (Å²) in [5, 5.41) is 9.02. The Labute approximate surface area is 88.1 Å². The molecule has 1 N–H and O–H groups in total. The van der Waals surface area contributed by atoms with Gasteiger partial charge in [0.1, 0.15) is 0 Å². The molecule has 5 heteroatoms. The zero-order valence-corrected chi connectivity index (χ0v) is 8.95. The molecule has 0 radical (unpaired) electrons. The van der Waals surface area contributed by atoms with E-state index in [1.165, 1.54) is 6.07 Å². The fourth-order valence-electron chi connectivity index (χ4n) is 0.708. The minimum Gasteiger partial charge on any atom is -0.478 e. The van der Waals surface area contributed by atoms with Crippen LogP contribution in [-0.2, 0) is 0 Å². The first-order chi connectivity index (χ1) is 5.52. The van der Waals surface area contributed by atoms with Crippen LogP contribution in [0.25, 0.3) is 0 Å². The number of carboxylic acid groups (broad SMARTS) is 1. The third-order valence-corrected chi connectivity index (χ3v) is 2.84. The van der Waals surface area contributed by atoms with Crippen LogP contribution in [-0.4, -0.2) is 11.1 Å². The van der Waals surface area contributed by atoms with Crippen molar-refractivity contribution in [1.82, 2.24) is 0 Å². The van der Waals surface area contributed by atoms with Crippen LogP contribution in [0.5, 0.6) is 0 Å². The van der Waals surface area contributed by atoms with Gasteiger partial charge in [0.05, 0.1) is 10.6 Å². The molecule has 1 rings (SSSR count). The summed E-state index contributed by atoms with van der Waals surface area (Å²) in [6.07, 6.45) is 0. The highest BCUT2D eigenvalue weighted by molar-refractivity contribution is 9.10. The molecular formula is C7H4BrClO2S. The molecule has 64 valence electrons. The molecule has 0 unspecified atom stereocenters. The van der Waals surface area contributed by atoms with Crippen molar-refractivity contribution in [3.8, 4) is 0 Å². The van der Waals surface area contributed by atoms with E-state index < -0.39 is 5.97 Å². The lowest BCUT2D eigenvalue weighted by Gasteiger charge is -2.01. The molecule has 1 aromatic rings. The third-order valence-electron chi connectivity index (χ3n) is 1.27. The predicted molar refractivity (Wildman–Crippen MR) is 53.4 cm³/mol. The Morgan fingerprint density at radius 2 is 2.17 bits per heavy atom. The van der Waals surface area contributed by atoms with Gasteiger partial charge >= 0.3 is 5.97 Å². The highest BCUT2D eigenvalue weighted by Gasteiger charge is 2.10. The summed E-state index contributed by atoms with van der Waals surface area (Å²) in [4.78, 5) is 11.0. The number of benzene rings is 1. The van der Waals surface area contributed by atoms with Gasteiger partial charge < -0.3 is 5.11 Å². The van der Waals surface area contributed by atoms with Gasteiger partial charge in [-0.25, -0.2) is 4.79 Å². The zero-order chi connectivity index (χ0) is 9.30. The molecule has 0 aliphatic heterocycles. The number of hydrogen-bond acceptors (Lipinski definition) is 2. The van der Waals surface area contributed by atoms with Crippen LogP contribution in [0.2, 0.25) is 5.02 Å². The van der Waals surface area contributed by atoms with Crippen molar-refractivity contribution in [1.29, 1.82) is 0 Å². The fourth-order valence-corrected chi connectivity index (χ4v) is 1.68. The number of thiol groups is 1. The van der Waals surface area contributed by atoms with Crippen molar-refractivity contribution in [2.24, 2.45) is 0 Å². The van der Waals surface area contributed by atoms with E-state index in [0.717, 1.165) is 0 Å². The Kier molecular flexibility index (Phi) is 3.04. The fraction of sp³-hybridized carbons (Fsp3) is 0. The minimum absolute atomic E-state index is 0.103. The Balaban J connectivity index is 3.33. The first-order valence-corrected chi connectivity index (χ1v) is 4.55. The monoisotopic (exact) mass is 266 g/mol. The number of rotatable bonds is 1. The van der Waals surface area contributed by atoms with Crippen LogP contribution in [0.4, 0.5) is 0 Å². The lowest BCUT2D eigenvalue weighted by molar-refractivity contribution is 0.0693. The maximum absolute atomic E-state index is 10.6. The van der Waals surface area contributed by atoms with Crippen LogP contribution in [0.1, 0.15) is 10.4 Å². The van der Waals surface area contributed by atoms with Crippen molar-refractivity contribution in [2.75, 3.05) is 0 Å². The Bertz CT molecular complexity index is 340. The van der Waals surface area contributed by atoms with Gasteiger partial charge in [-0.2, -0.15) is 0 Å². The van der Waals surface area contributed by atoms with Crippen LogP contribution in [0.3, 0.4) is 0 Å². The van der Waals surface area contributed by atoms with Crippen molar-refractivity contribution in [3.63, 3.8) is 0 Å². The van der Waals surface area contributed by atoms with E-state index in [2.05, 4.69) is 28.6 Å². The van der Waals surface area contributed by atoms with Gasteiger partial charge in [0, 0.05) is 9.37 Å². The van der Waals surface area contributed by atoms with Gasteiger partial charge in [-0.15, -0.1) is 12.6 Å². The van der Waals surface area contributed by atoms with E-state index in [1.807, 2.05) is 0 Å². The summed E-state index contributed by atoms with van der Waals surface area (Å²) < 4.78 is 0.638. The van der Waals surface area contributed by atoms with E-state index in [0.29, 0.717) is 14.4 Å². The highest BCUT2D eigenvalue weighted by Crippen LogP contribution is 2.28. The topological polar surface area (TPSA) is 37.3 Å². The minimum atomic E-state index is -1.03. The summed E-state index contributed by atoms with van der Waals surface area (Å²) in [7, 11) is 0. The molecule has 0 atom stereocenters. The van der Waals surface area contributed by atoms with Gasteiger partial charge in [-0.05, 0) is 28.1 Å². The van der Waals surface area contributed by atoms with Gasteiger partial charge in [0.2, 0.25) is 0 Å². The number of carboxylic acids is 1. The first-order valence-electron chi connectivity index (χ1n) is 2.93. The Morgan fingerprint density at radius 3 is 2.67 bits per heavy atom. The Morgan fingerprint density at radius 1 is 1.58 bits per heavy atom. The molecule has 0 heterocycles. The summed E-state index contributed by atoms with van der Waals surface area (Å²) in [6, 6.07) is 2.91. The maximum Gasteiger partial charge on any atom is 0.336 e. The van der Waals surface area contributed by atoms with Gasteiger partial charge in [-0.1, -0.05) is 11.6 Å². The van der Waals surface area contributed by atoms with Crippen molar-refractivity contribution < 1.29 is 9.90 Å². The average Bonchev–Trinajstić information content (AvgIpc) is 1.96. The second kappa shape index (κ2) is 3.68. The molecule has 0 bridgehead atoms. The number of hydrogen-bond donors (Lipinski definition) is 2. The Hall–Kier alpha value is -0.190. The van der Waals surface area contributed by atoms with Gasteiger partial charge in [0.15, 0.2) is 0 Å². The maximum atomic E-state index is 10.6. The number of halogens is 2. The molecule has 0 fully saturated rings. The van der Waals surface area contributed by atoms with E-state index >= 15 is 0 Å². The smallest absolute Gasteiger partial charge is 0.336 e. The second-order valence-electron chi connectivity index (χ2n) is 2.09. The van der Waals surface area contributed by atoms with E-state index in [1.54, 1.807) is 6.07 Å². The quantitative estimate of drug-likeness (QED) is 0.767. The van der Waals surface area contributed by atoms with Crippen molar-refractivity contribution in [3.05, 3.63) is 27.2 Å². The molecule has 0 aliphatic carbocycles. The first kappa shape index (κ1) is 9.89. The molecule has 0 saturated carbocycles. The summed E-state index contributed by atoms with van der Waals surface area (Å²) in [6.45, 7) is 0. The molecule has 0 amide bonds. The van der Waals surface area contributed by atoms with Crippen LogP contribution >= 0.6 is 40.2 Å². The highest BCUT2D eigenvalue weighted by atomic mass is 79.9. The number of carbonyl (C=O) groups is 1. The van der Waals surface area contributed by atoms with Crippen molar-refractivity contribution in [2.45, 2.75) is 4.90 Å². The molecule has 0 aromatic heterocycles. The molecule has 12 heavy (non-hydrogen) atoms. The van der Waals surface area contributed by atoms with Crippen molar-refractivity contribution >= 4 is 46.1 Å². The second-order valence-corrected chi connectivity index (χ2v) is 3.83.